The molecule has 0 bridgehead atoms. The van der Waals surface area contributed by atoms with Gasteiger partial charge >= 0.3 is 5.97 Å². The van der Waals surface area contributed by atoms with Crippen molar-refractivity contribution in [2.75, 3.05) is 12.4 Å². The average molecular weight is 491 g/mol. The van der Waals surface area contributed by atoms with E-state index in [4.69, 9.17) is 9.84 Å². The number of methoxy groups -OCH3 is 1. The number of anilines is 2. The van der Waals surface area contributed by atoms with Crippen molar-refractivity contribution >= 4 is 28.1 Å². The fraction of sp³-hybridized carbons (Fsp3) is 0.185. The highest BCUT2D eigenvalue weighted by molar-refractivity contribution is 7.14. The molecule has 6 nitrogen and oxygen atoms in total. The zero-order chi connectivity index (χ0) is 24.5. The van der Waals surface area contributed by atoms with Crippen molar-refractivity contribution in [1.82, 2.24) is 4.98 Å². The van der Waals surface area contributed by atoms with Crippen molar-refractivity contribution < 1.29 is 24.1 Å². The van der Waals surface area contributed by atoms with Gasteiger partial charge in [-0.1, -0.05) is 30.3 Å². The molecule has 1 heterocycles. The van der Waals surface area contributed by atoms with Gasteiger partial charge in [-0.3, -0.25) is 4.79 Å². The minimum atomic E-state index is -0.871. The van der Waals surface area contributed by atoms with Crippen molar-refractivity contribution in [3.05, 3.63) is 83.5 Å². The molecule has 0 amide bonds. The van der Waals surface area contributed by atoms with Gasteiger partial charge in [0.05, 0.1) is 30.5 Å². The van der Waals surface area contributed by atoms with Crippen LogP contribution in [0.4, 0.5) is 15.2 Å². The van der Waals surface area contributed by atoms with Crippen LogP contribution in [-0.2, 0) is 4.79 Å². The van der Waals surface area contributed by atoms with E-state index in [-0.39, 0.29) is 5.92 Å². The normalized spacial score (nSPS) is 17.6. The van der Waals surface area contributed by atoms with Gasteiger partial charge < -0.3 is 20.3 Å². The molecule has 1 aliphatic carbocycles. The van der Waals surface area contributed by atoms with Crippen LogP contribution in [0.15, 0.2) is 72.1 Å². The minimum absolute atomic E-state index is 0.253. The van der Waals surface area contributed by atoms with E-state index in [1.54, 1.807) is 37.4 Å². The van der Waals surface area contributed by atoms with Crippen LogP contribution in [-0.4, -0.2) is 28.3 Å². The van der Waals surface area contributed by atoms with Gasteiger partial charge in [0, 0.05) is 16.9 Å². The number of nitrogens with zero attached hydrogens (tertiary/aromatic N) is 1. The molecule has 1 aromatic heterocycles. The van der Waals surface area contributed by atoms with Gasteiger partial charge in [0.15, 0.2) is 5.13 Å². The Bertz CT molecular complexity index is 1350. The Morgan fingerprint density at radius 3 is 2.40 bits per heavy atom. The number of aliphatic hydroxyl groups is 1. The Morgan fingerprint density at radius 2 is 1.77 bits per heavy atom. The number of nitrogens with one attached hydrogen (secondary N) is 1. The topological polar surface area (TPSA) is 91.7 Å². The summed E-state index contributed by atoms with van der Waals surface area (Å²) >= 11 is 1.39. The fourth-order valence-corrected chi connectivity index (χ4v) is 4.84. The van der Waals surface area contributed by atoms with Crippen molar-refractivity contribution in [3.8, 4) is 28.1 Å². The summed E-state index contributed by atoms with van der Waals surface area (Å²) in [5.41, 5.74) is 4.22. The maximum atomic E-state index is 14.9. The maximum Gasteiger partial charge on any atom is 0.306 e. The summed E-state index contributed by atoms with van der Waals surface area (Å²) < 4.78 is 20.1. The quantitative estimate of drug-likeness (QED) is 0.276. The van der Waals surface area contributed by atoms with E-state index >= 15 is 0 Å². The Labute approximate surface area is 205 Å². The first-order chi connectivity index (χ1) is 16.9. The van der Waals surface area contributed by atoms with Crippen LogP contribution in [0.25, 0.3) is 22.4 Å². The summed E-state index contributed by atoms with van der Waals surface area (Å²) in [6.45, 7) is 0. The molecule has 3 atom stereocenters. The summed E-state index contributed by atoms with van der Waals surface area (Å²) in [5, 5.41) is 25.0. The zero-order valence-electron chi connectivity index (χ0n) is 18.8. The molecule has 5 rings (SSSR count). The van der Waals surface area contributed by atoms with Gasteiger partial charge in [0.2, 0.25) is 0 Å². The highest BCUT2D eigenvalue weighted by Gasteiger charge is 2.47. The second kappa shape index (κ2) is 9.48. The van der Waals surface area contributed by atoms with Crippen molar-refractivity contribution in [2.45, 2.75) is 12.5 Å². The van der Waals surface area contributed by atoms with E-state index in [1.165, 1.54) is 17.4 Å². The SMILES string of the molecule is COc1ccc(-c2csc(Nc3ccc(-c4ccc(C(O)C5CC5C(=O)O)cc4)cc3F)n2)cc1. The van der Waals surface area contributed by atoms with E-state index in [0.29, 0.717) is 28.4 Å². The summed E-state index contributed by atoms with van der Waals surface area (Å²) in [5.74, 6) is -1.24. The monoisotopic (exact) mass is 490 g/mol. The molecule has 0 radical (unpaired) electrons. The highest BCUT2D eigenvalue weighted by Crippen LogP contribution is 2.47. The second-order valence-electron chi connectivity index (χ2n) is 8.50. The summed E-state index contributed by atoms with van der Waals surface area (Å²) in [4.78, 5) is 15.6. The van der Waals surface area contributed by atoms with E-state index in [9.17, 15) is 14.3 Å². The van der Waals surface area contributed by atoms with Gasteiger partial charge in [0.1, 0.15) is 11.6 Å². The second-order valence-corrected chi connectivity index (χ2v) is 9.36. The number of ether oxygens (including phenoxy) is 1. The first-order valence-corrected chi connectivity index (χ1v) is 12.0. The number of carboxylic acids is 1. The number of aromatic nitrogens is 1. The largest absolute Gasteiger partial charge is 0.497 e. The molecule has 0 aliphatic heterocycles. The lowest BCUT2D eigenvalue weighted by atomic mass is 9.99. The Kier molecular flexibility index (Phi) is 6.23. The van der Waals surface area contributed by atoms with E-state index < -0.39 is 23.8 Å². The minimum Gasteiger partial charge on any atom is -0.497 e. The summed E-state index contributed by atoms with van der Waals surface area (Å²) in [6.07, 6.45) is -0.326. The van der Waals surface area contributed by atoms with E-state index in [1.807, 2.05) is 35.7 Å². The first-order valence-electron chi connectivity index (χ1n) is 11.1. The third kappa shape index (κ3) is 4.89. The molecule has 1 aliphatic rings. The number of aliphatic hydroxyl groups excluding tert-OH is 1. The number of hydrogen-bond donors (Lipinski definition) is 3. The van der Waals surface area contributed by atoms with Gasteiger partial charge in [-0.15, -0.1) is 11.3 Å². The van der Waals surface area contributed by atoms with Gasteiger partial charge in [-0.25, -0.2) is 9.37 Å². The molecular weight excluding hydrogens is 467 g/mol. The smallest absolute Gasteiger partial charge is 0.306 e. The van der Waals surface area contributed by atoms with Crippen LogP contribution in [0.1, 0.15) is 18.1 Å². The lowest BCUT2D eigenvalue weighted by Gasteiger charge is -2.12. The van der Waals surface area contributed by atoms with E-state index in [0.717, 1.165) is 22.6 Å². The highest BCUT2D eigenvalue weighted by atomic mass is 32.1. The predicted molar refractivity (Wildman–Crippen MR) is 133 cm³/mol. The number of carbonyl (C=O) groups is 1. The average Bonchev–Trinajstić information content (AvgIpc) is 3.56. The number of rotatable bonds is 8. The van der Waals surface area contributed by atoms with Crippen LogP contribution >= 0.6 is 11.3 Å². The van der Waals surface area contributed by atoms with Crippen LogP contribution in [0.2, 0.25) is 0 Å². The first kappa shape index (κ1) is 23.0. The number of aliphatic carboxylic acids is 1. The van der Waals surface area contributed by atoms with Crippen molar-refractivity contribution in [3.63, 3.8) is 0 Å². The molecule has 0 saturated heterocycles. The predicted octanol–water partition coefficient (Wildman–Crippen LogP) is 6.12. The third-order valence-electron chi connectivity index (χ3n) is 6.25. The molecule has 1 saturated carbocycles. The Morgan fingerprint density at radius 1 is 1.09 bits per heavy atom. The molecule has 8 heteroatoms. The third-order valence-corrected chi connectivity index (χ3v) is 7.01. The van der Waals surface area contributed by atoms with Crippen LogP contribution in [0.5, 0.6) is 5.75 Å². The van der Waals surface area contributed by atoms with Gasteiger partial charge in [0.25, 0.3) is 0 Å². The summed E-state index contributed by atoms with van der Waals surface area (Å²) in [7, 11) is 1.62. The zero-order valence-corrected chi connectivity index (χ0v) is 19.6. The number of hydrogen-bond acceptors (Lipinski definition) is 6. The number of carboxylic acid groups (broad SMARTS) is 1. The lowest BCUT2D eigenvalue weighted by Crippen LogP contribution is -2.06. The molecule has 4 aromatic rings. The molecule has 3 N–H and O–H groups in total. The van der Waals surface area contributed by atoms with Crippen LogP contribution in [0.3, 0.4) is 0 Å². The van der Waals surface area contributed by atoms with Gasteiger partial charge in [-0.05, 0) is 59.5 Å². The van der Waals surface area contributed by atoms with E-state index in [2.05, 4.69) is 10.3 Å². The number of thiazole rings is 1. The molecule has 178 valence electrons. The molecule has 3 aromatic carbocycles. The van der Waals surface area contributed by atoms with Crippen LogP contribution in [0, 0.1) is 17.7 Å². The Hall–Kier alpha value is -3.75. The van der Waals surface area contributed by atoms with Gasteiger partial charge in [-0.2, -0.15) is 0 Å². The molecule has 3 unspecified atom stereocenters. The summed E-state index contributed by atoms with van der Waals surface area (Å²) in [6, 6.07) is 19.7. The van der Waals surface area contributed by atoms with Crippen molar-refractivity contribution in [1.29, 1.82) is 0 Å². The molecular formula is C27H23FN2O4S. The molecule has 1 fully saturated rings. The maximum absolute atomic E-state index is 14.9. The standard InChI is InChI=1S/C27H23FN2O4S/c1-34-19-9-6-16(7-10-19)24-14-35-27(30-24)29-23-11-8-18(12-22(23)28)15-2-4-17(5-3-15)25(31)20-13-21(20)26(32)33/h2-12,14,20-21,25,31H,13H2,1H3,(H,29,30)(H,32,33). The Balaban J connectivity index is 1.27. The van der Waals surface area contributed by atoms with Crippen molar-refractivity contribution in [2.24, 2.45) is 11.8 Å². The lowest BCUT2D eigenvalue weighted by molar-refractivity contribution is -0.139. The number of benzene rings is 3. The molecule has 0 spiro atoms. The number of halogens is 1. The van der Waals surface area contributed by atoms with Crippen LogP contribution < -0.4 is 10.1 Å². The fourth-order valence-electron chi connectivity index (χ4n) is 4.10. The molecule has 35 heavy (non-hydrogen) atoms.